The number of nitrogens with one attached hydrogen (secondary N) is 1. The Morgan fingerprint density at radius 2 is 2.28 bits per heavy atom. The highest BCUT2D eigenvalue weighted by Gasteiger charge is 2.16. The van der Waals surface area contributed by atoms with Crippen molar-refractivity contribution in [3.05, 3.63) is 40.9 Å². The summed E-state index contributed by atoms with van der Waals surface area (Å²) in [6.45, 7) is 5.62. The SMILES string of the molecule is CCNC(c1cccc(OCC)c1)c1csnn1. The van der Waals surface area contributed by atoms with Gasteiger partial charge in [0, 0.05) is 5.38 Å². The van der Waals surface area contributed by atoms with Crippen LogP contribution in [0.3, 0.4) is 0 Å². The first-order chi connectivity index (χ1) is 8.85. The molecule has 2 rings (SSSR count). The first-order valence-corrected chi connectivity index (χ1v) is 6.92. The third-order valence-electron chi connectivity index (χ3n) is 2.58. The van der Waals surface area contributed by atoms with Gasteiger partial charge in [-0.05, 0) is 42.7 Å². The van der Waals surface area contributed by atoms with E-state index in [-0.39, 0.29) is 6.04 Å². The van der Waals surface area contributed by atoms with Crippen LogP contribution in [-0.2, 0) is 0 Å². The minimum absolute atomic E-state index is 0.0779. The largest absolute Gasteiger partial charge is 0.494 e. The molecule has 0 aliphatic carbocycles. The van der Waals surface area contributed by atoms with E-state index in [1.165, 1.54) is 11.5 Å². The number of hydrogen-bond acceptors (Lipinski definition) is 5. The van der Waals surface area contributed by atoms with Crippen LogP contribution in [0.5, 0.6) is 5.75 Å². The third-order valence-corrected chi connectivity index (χ3v) is 3.11. The molecule has 0 bridgehead atoms. The van der Waals surface area contributed by atoms with Gasteiger partial charge in [0.2, 0.25) is 0 Å². The second-order valence-corrected chi connectivity index (χ2v) is 4.44. The van der Waals surface area contributed by atoms with Crippen molar-refractivity contribution in [2.24, 2.45) is 0 Å². The van der Waals surface area contributed by atoms with Crippen LogP contribution >= 0.6 is 11.5 Å². The fraction of sp³-hybridized carbons (Fsp3) is 0.385. The van der Waals surface area contributed by atoms with Gasteiger partial charge < -0.3 is 10.1 Å². The predicted molar refractivity (Wildman–Crippen MR) is 73.0 cm³/mol. The molecule has 1 aromatic heterocycles. The van der Waals surface area contributed by atoms with E-state index in [2.05, 4.69) is 34.0 Å². The zero-order valence-corrected chi connectivity index (χ0v) is 11.4. The molecular formula is C13H17N3OS. The molecule has 2 aromatic rings. The molecule has 0 aliphatic heterocycles. The van der Waals surface area contributed by atoms with Gasteiger partial charge in [-0.1, -0.05) is 23.5 Å². The smallest absolute Gasteiger partial charge is 0.119 e. The van der Waals surface area contributed by atoms with Gasteiger partial charge in [0.15, 0.2) is 0 Å². The van der Waals surface area contributed by atoms with Crippen LogP contribution in [0.2, 0.25) is 0 Å². The van der Waals surface area contributed by atoms with Crippen molar-refractivity contribution in [1.29, 1.82) is 0 Å². The predicted octanol–water partition coefficient (Wildman–Crippen LogP) is 2.64. The van der Waals surface area contributed by atoms with Crippen LogP contribution in [0.25, 0.3) is 0 Å². The maximum Gasteiger partial charge on any atom is 0.119 e. The number of aromatic nitrogens is 2. The van der Waals surface area contributed by atoms with Gasteiger partial charge in [-0.3, -0.25) is 0 Å². The fourth-order valence-electron chi connectivity index (χ4n) is 1.85. The Morgan fingerprint density at radius 1 is 1.39 bits per heavy atom. The summed E-state index contributed by atoms with van der Waals surface area (Å²) in [5, 5.41) is 9.54. The molecule has 0 amide bonds. The first-order valence-electron chi connectivity index (χ1n) is 6.08. The van der Waals surface area contributed by atoms with E-state index in [1.807, 2.05) is 24.4 Å². The molecule has 1 unspecified atom stereocenters. The second-order valence-electron chi connectivity index (χ2n) is 3.83. The van der Waals surface area contributed by atoms with Crippen molar-refractivity contribution in [3.63, 3.8) is 0 Å². The van der Waals surface area contributed by atoms with E-state index in [9.17, 15) is 0 Å². The van der Waals surface area contributed by atoms with E-state index in [1.54, 1.807) is 0 Å². The van der Waals surface area contributed by atoms with Crippen molar-refractivity contribution in [3.8, 4) is 5.75 Å². The Balaban J connectivity index is 2.27. The fourth-order valence-corrected chi connectivity index (χ4v) is 2.33. The van der Waals surface area contributed by atoms with E-state index < -0.39 is 0 Å². The highest BCUT2D eigenvalue weighted by molar-refractivity contribution is 7.03. The highest BCUT2D eigenvalue weighted by Crippen LogP contribution is 2.24. The van der Waals surface area contributed by atoms with Gasteiger partial charge >= 0.3 is 0 Å². The van der Waals surface area contributed by atoms with E-state index >= 15 is 0 Å². The normalized spacial score (nSPS) is 12.3. The van der Waals surface area contributed by atoms with Gasteiger partial charge in [-0.15, -0.1) is 5.10 Å². The zero-order valence-electron chi connectivity index (χ0n) is 10.6. The standard InChI is InChI=1S/C13H17N3OS/c1-3-14-13(12-9-18-16-15-12)10-6-5-7-11(8-10)17-4-2/h5-9,13-14H,3-4H2,1-2H3. The van der Waals surface area contributed by atoms with Gasteiger partial charge in [0.25, 0.3) is 0 Å². The lowest BCUT2D eigenvalue weighted by Crippen LogP contribution is -2.22. The van der Waals surface area contributed by atoms with Crippen LogP contribution < -0.4 is 10.1 Å². The molecule has 1 atom stereocenters. The maximum atomic E-state index is 5.53. The highest BCUT2D eigenvalue weighted by atomic mass is 32.1. The number of hydrogen-bond donors (Lipinski definition) is 1. The van der Waals surface area contributed by atoms with Crippen LogP contribution in [0.4, 0.5) is 0 Å². The minimum atomic E-state index is 0.0779. The lowest BCUT2D eigenvalue weighted by Gasteiger charge is -2.16. The number of ether oxygens (including phenoxy) is 1. The summed E-state index contributed by atoms with van der Waals surface area (Å²) >= 11 is 1.37. The topological polar surface area (TPSA) is 47.0 Å². The number of nitrogens with zero attached hydrogens (tertiary/aromatic N) is 2. The van der Waals surface area contributed by atoms with Gasteiger partial charge in [0.1, 0.15) is 5.75 Å². The maximum absolute atomic E-state index is 5.53. The summed E-state index contributed by atoms with van der Waals surface area (Å²) in [4.78, 5) is 0. The van der Waals surface area contributed by atoms with Crippen LogP contribution in [0.1, 0.15) is 31.1 Å². The molecule has 5 heteroatoms. The average molecular weight is 263 g/mol. The molecule has 1 N–H and O–H groups in total. The molecule has 0 fully saturated rings. The summed E-state index contributed by atoms with van der Waals surface area (Å²) < 4.78 is 9.46. The van der Waals surface area contributed by atoms with Crippen LogP contribution in [-0.4, -0.2) is 22.7 Å². The molecule has 1 aromatic carbocycles. The van der Waals surface area contributed by atoms with Crippen molar-refractivity contribution in [2.75, 3.05) is 13.2 Å². The number of benzene rings is 1. The molecule has 4 nitrogen and oxygen atoms in total. The average Bonchev–Trinajstić information content (AvgIpc) is 2.90. The van der Waals surface area contributed by atoms with Crippen molar-refractivity contribution in [2.45, 2.75) is 19.9 Å². The Labute approximate surface area is 111 Å². The second kappa shape index (κ2) is 6.47. The molecule has 1 heterocycles. The van der Waals surface area contributed by atoms with Crippen molar-refractivity contribution in [1.82, 2.24) is 14.9 Å². The van der Waals surface area contributed by atoms with E-state index in [4.69, 9.17) is 4.74 Å². The Kier molecular flexibility index (Phi) is 4.66. The minimum Gasteiger partial charge on any atom is -0.494 e. The molecule has 18 heavy (non-hydrogen) atoms. The summed E-state index contributed by atoms with van der Waals surface area (Å²) in [6, 6.07) is 8.18. The van der Waals surface area contributed by atoms with Crippen LogP contribution in [0.15, 0.2) is 29.6 Å². The molecule has 0 aliphatic rings. The van der Waals surface area contributed by atoms with E-state index in [0.29, 0.717) is 6.61 Å². The van der Waals surface area contributed by atoms with E-state index in [0.717, 1.165) is 23.6 Å². The van der Waals surface area contributed by atoms with Crippen LogP contribution in [0, 0.1) is 0 Å². The van der Waals surface area contributed by atoms with Crippen molar-refractivity contribution < 1.29 is 4.74 Å². The first kappa shape index (κ1) is 13.0. The Bertz CT molecular complexity index is 473. The molecule has 96 valence electrons. The quantitative estimate of drug-likeness (QED) is 0.870. The molecular weight excluding hydrogens is 246 g/mol. The van der Waals surface area contributed by atoms with Gasteiger partial charge in [-0.2, -0.15) is 0 Å². The summed E-state index contributed by atoms with van der Waals surface area (Å²) in [7, 11) is 0. The lowest BCUT2D eigenvalue weighted by molar-refractivity contribution is 0.339. The third kappa shape index (κ3) is 3.05. The monoisotopic (exact) mass is 263 g/mol. The van der Waals surface area contributed by atoms with Gasteiger partial charge in [-0.25, -0.2) is 0 Å². The molecule has 0 spiro atoms. The van der Waals surface area contributed by atoms with Gasteiger partial charge in [0.05, 0.1) is 18.3 Å². The molecule has 0 saturated carbocycles. The lowest BCUT2D eigenvalue weighted by atomic mass is 10.0. The Morgan fingerprint density at radius 3 is 2.94 bits per heavy atom. The molecule has 0 saturated heterocycles. The Hall–Kier alpha value is -1.46. The summed E-state index contributed by atoms with van der Waals surface area (Å²) in [6.07, 6.45) is 0. The summed E-state index contributed by atoms with van der Waals surface area (Å²) in [5.41, 5.74) is 2.10. The summed E-state index contributed by atoms with van der Waals surface area (Å²) in [5.74, 6) is 0.890. The number of rotatable bonds is 6. The zero-order chi connectivity index (χ0) is 12.8. The van der Waals surface area contributed by atoms with Crippen molar-refractivity contribution >= 4 is 11.5 Å². The molecule has 0 radical (unpaired) electrons.